The highest BCUT2D eigenvalue weighted by molar-refractivity contribution is 9.10. The first-order valence-electron chi connectivity index (χ1n) is 6.28. The molecule has 0 saturated heterocycles. The van der Waals surface area contributed by atoms with Gasteiger partial charge >= 0.3 is 12.0 Å². The van der Waals surface area contributed by atoms with E-state index in [2.05, 4.69) is 21.2 Å². The molecule has 0 atom stereocenters. The Bertz CT molecular complexity index is 506. The van der Waals surface area contributed by atoms with E-state index >= 15 is 0 Å². The van der Waals surface area contributed by atoms with Crippen molar-refractivity contribution in [2.45, 2.75) is 33.7 Å². The van der Waals surface area contributed by atoms with E-state index in [9.17, 15) is 9.59 Å². The van der Waals surface area contributed by atoms with Gasteiger partial charge < -0.3 is 15.3 Å². The lowest BCUT2D eigenvalue weighted by atomic mass is 10.1. The van der Waals surface area contributed by atoms with Crippen LogP contribution in [0.3, 0.4) is 0 Å². The fourth-order valence-electron chi connectivity index (χ4n) is 1.92. The summed E-state index contributed by atoms with van der Waals surface area (Å²) in [6.45, 7) is 7.03. The molecule has 2 N–H and O–H groups in total. The van der Waals surface area contributed by atoms with Gasteiger partial charge in [-0.25, -0.2) is 4.79 Å². The Labute approximate surface area is 127 Å². The van der Waals surface area contributed by atoms with Crippen LogP contribution in [0, 0.1) is 13.8 Å². The number of carbonyl (C=O) groups excluding carboxylic acids is 1. The summed E-state index contributed by atoms with van der Waals surface area (Å²) in [6.07, 6.45) is 0. The Morgan fingerprint density at radius 1 is 1.30 bits per heavy atom. The minimum Gasteiger partial charge on any atom is -0.480 e. The van der Waals surface area contributed by atoms with Crippen molar-refractivity contribution in [1.82, 2.24) is 4.90 Å². The number of carbonyl (C=O) groups is 2. The second-order valence-electron chi connectivity index (χ2n) is 4.96. The number of hydrogen-bond acceptors (Lipinski definition) is 2. The second-order valence-corrected chi connectivity index (χ2v) is 5.88. The van der Waals surface area contributed by atoms with Crippen molar-refractivity contribution in [1.29, 1.82) is 0 Å². The zero-order chi connectivity index (χ0) is 15.4. The van der Waals surface area contributed by atoms with Gasteiger partial charge in [0.25, 0.3) is 0 Å². The van der Waals surface area contributed by atoms with Gasteiger partial charge in [-0.3, -0.25) is 4.79 Å². The third-order valence-corrected chi connectivity index (χ3v) is 3.38. The first kappa shape index (κ1) is 16.5. The molecule has 0 unspecified atom stereocenters. The molecule has 2 amide bonds. The molecule has 1 rings (SSSR count). The van der Waals surface area contributed by atoms with Crippen LogP contribution < -0.4 is 5.32 Å². The van der Waals surface area contributed by atoms with Crippen LogP contribution in [-0.4, -0.2) is 34.6 Å². The maximum absolute atomic E-state index is 12.2. The van der Waals surface area contributed by atoms with Crippen LogP contribution in [0.5, 0.6) is 0 Å². The van der Waals surface area contributed by atoms with Gasteiger partial charge in [0.05, 0.1) is 0 Å². The SMILES string of the molecule is Cc1cc(Br)cc(C)c1NC(=O)N(CC(=O)O)C(C)C. The molecule has 6 heteroatoms. The fourth-order valence-corrected chi connectivity index (χ4v) is 2.61. The lowest BCUT2D eigenvalue weighted by Gasteiger charge is -2.26. The number of halogens is 1. The third kappa shape index (κ3) is 4.23. The number of anilines is 1. The summed E-state index contributed by atoms with van der Waals surface area (Å²) < 4.78 is 0.941. The predicted molar refractivity (Wildman–Crippen MR) is 82.1 cm³/mol. The van der Waals surface area contributed by atoms with E-state index < -0.39 is 12.0 Å². The number of benzene rings is 1. The van der Waals surface area contributed by atoms with Crippen molar-refractivity contribution >= 4 is 33.6 Å². The molecule has 1 aromatic rings. The van der Waals surface area contributed by atoms with E-state index in [0.717, 1.165) is 15.6 Å². The summed E-state index contributed by atoms with van der Waals surface area (Å²) in [5.74, 6) is -1.03. The average molecular weight is 343 g/mol. The fraction of sp³-hybridized carbons (Fsp3) is 0.429. The first-order chi connectivity index (χ1) is 9.22. The zero-order valence-electron chi connectivity index (χ0n) is 12.0. The molecule has 0 spiro atoms. The van der Waals surface area contributed by atoms with Gasteiger partial charge in [-0.15, -0.1) is 0 Å². The smallest absolute Gasteiger partial charge is 0.323 e. The molecule has 0 bridgehead atoms. The topological polar surface area (TPSA) is 69.6 Å². The normalized spacial score (nSPS) is 10.5. The van der Waals surface area contributed by atoms with Crippen LogP contribution >= 0.6 is 15.9 Å². The molecule has 0 fully saturated rings. The van der Waals surface area contributed by atoms with E-state index in [1.807, 2.05) is 26.0 Å². The molecule has 110 valence electrons. The lowest BCUT2D eigenvalue weighted by molar-refractivity contribution is -0.137. The summed E-state index contributed by atoms with van der Waals surface area (Å²) >= 11 is 3.40. The van der Waals surface area contributed by atoms with Crippen molar-refractivity contribution in [3.8, 4) is 0 Å². The highest BCUT2D eigenvalue weighted by atomic mass is 79.9. The van der Waals surface area contributed by atoms with Crippen molar-refractivity contribution < 1.29 is 14.7 Å². The first-order valence-corrected chi connectivity index (χ1v) is 7.07. The molecular formula is C14H19BrN2O3. The number of aliphatic carboxylic acids is 1. The van der Waals surface area contributed by atoms with Crippen LogP contribution in [0.25, 0.3) is 0 Å². The largest absolute Gasteiger partial charge is 0.480 e. The van der Waals surface area contributed by atoms with Crippen molar-refractivity contribution in [3.05, 3.63) is 27.7 Å². The van der Waals surface area contributed by atoms with Gasteiger partial charge in [-0.05, 0) is 51.0 Å². The molecule has 20 heavy (non-hydrogen) atoms. The predicted octanol–water partition coefficient (Wildman–Crippen LogP) is 3.39. The Morgan fingerprint density at radius 3 is 2.20 bits per heavy atom. The maximum atomic E-state index is 12.2. The number of amides is 2. The number of carboxylic acids is 1. The molecule has 0 heterocycles. The molecule has 0 aliphatic rings. The molecule has 1 aromatic carbocycles. The summed E-state index contributed by atoms with van der Waals surface area (Å²) in [6, 6.07) is 3.21. The number of nitrogens with one attached hydrogen (secondary N) is 1. The van der Waals surface area contributed by atoms with Crippen LogP contribution in [0.4, 0.5) is 10.5 Å². The third-order valence-electron chi connectivity index (χ3n) is 2.92. The van der Waals surface area contributed by atoms with E-state index in [0.29, 0.717) is 5.69 Å². The van der Waals surface area contributed by atoms with Gasteiger partial charge in [-0.1, -0.05) is 15.9 Å². The Morgan fingerprint density at radius 2 is 1.80 bits per heavy atom. The number of aryl methyl sites for hydroxylation is 2. The van der Waals surface area contributed by atoms with Gasteiger partial charge in [0.1, 0.15) is 6.54 Å². The number of hydrogen-bond donors (Lipinski definition) is 2. The molecule has 0 aliphatic heterocycles. The average Bonchev–Trinajstić information content (AvgIpc) is 2.29. The maximum Gasteiger partial charge on any atom is 0.323 e. The van der Waals surface area contributed by atoms with Crippen molar-refractivity contribution in [2.75, 3.05) is 11.9 Å². The van der Waals surface area contributed by atoms with E-state index in [-0.39, 0.29) is 12.6 Å². The molecule has 0 saturated carbocycles. The molecule has 5 nitrogen and oxygen atoms in total. The molecular weight excluding hydrogens is 324 g/mol. The quantitative estimate of drug-likeness (QED) is 0.880. The summed E-state index contributed by atoms with van der Waals surface area (Å²) in [7, 11) is 0. The highest BCUT2D eigenvalue weighted by Crippen LogP contribution is 2.25. The van der Waals surface area contributed by atoms with Gasteiger partial charge in [0.2, 0.25) is 0 Å². The lowest BCUT2D eigenvalue weighted by Crippen LogP contribution is -2.43. The number of urea groups is 1. The number of carboxylic acid groups (broad SMARTS) is 1. The highest BCUT2D eigenvalue weighted by Gasteiger charge is 2.21. The minimum atomic E-state index is -1.03. The zero-order valence-corrected chi connectivity index (χ0v) is 13.6. The van der Waals surface area contributed by atoms with E-state index in [4.69, 9.17) is 5.11 Å². The minimum absolute atomic E-state index is 0.192. The van der Waals surface area contributed by atoms with E-state index in [1.54, 1.807) is 13.8 Å². The van der Waals surface area contributed by atoms with Crippen LogP contribution in [0.1, 0.15) is 25.0 Å². The second kappa shape index (κ2) is 6.74. The van der Waals surface area contributed by atoms with Crippen LogP contribution in [0.2, 0.25) is 0 Å². The molecule has 0 aliphatic carbocycles. The van der Waals surface area contributed by atoms with Crippen LogP contribution in [-0.2, 0) is 4.79 Å². The summed E-state index contributed by atoms with van der Waals surface area (Å²) in [4.78, 5) is 24.3. The van der Waals surface area contributed by atoms with E-state index in [1.165, 1.54) is 4.90 Å². The number of nitrogens with zero attached hydrogens (tertiary/aromatic N) is 1. The van der Waals surface area contributed by atoms with Gasteiger partial charge in [0, 0.05) is 16.2 Å². The number of rotatable bonds is 4. The Kier molecular flexibility index (Phi) is 5.56. The Hall–Kier alpha value is -1.56. The summed E-state index contributed by atoms with van der Waals surface area (Å²) in [5, 5.41) is 11.7. The molecule has 0 aromatic heterocycles. The Balaban J connectivity index is 2.97. The van der Waals surface area contributed by atoms with Crippen molar-refractivity contribution in [2.24, 2.45) is 0 Å². The van der Waals surface area contributed by atoms with Crippen molar-refractivity contribution in [3.63, 3.8) is 0 Å². The molecule has 0 radical (unpaired) electrons. The monoisotopic (exact) mass is 342 g/mol. The van der Waals surface area contributed by atoms with Crippen LogP contribution in [0.15, 0.2) is 16.6 Å². The van der Waals surface area contributed by atoms with Gasteiger partial charge in [-0.2, -0.15) is 0 Å². The summed E-state index contributed by atoms with van der Waals surface area (Å²) in [5.41, 5.74) is 2.56. The van der Waals surface area contributed by atoms with Gasteiger partial charge in [0.15, 0.2) is 0 Å². The standard InChI is InChI=1S/C14H19BrN2O3/c1-8(2)17(7-12(18)19)14(20)16-13-9(3)5-11(15)6-10(13)4/h5-6,8H,7H2,1-4H3,(H,16,20)(H,18,19).